The van der Waals surface area contributed by atoms with Gasteiger partial charge in [0.15, 0.2) is 0 Å². The van der Waals surface area contributed by atoms with Crippen molar-refractivity contribution in [3.63, 3.8) is 0 Å². The van der Waals surface area contributed by atoms with Gasteiger partial charge in [-0.05, 0) is 53.1 Å². The van der Waals surface area contributed by atoms with Crippen LogP contribution in [-0.2, 0) is 0 Å². The molecule has 0 aliphatic carbocycles. The molecule has 0 saturated carbocycles. The Labute approximate surface area is 102 Å². The Kier molecular flexibility index (Phi) is 4.07. The van der Waals surface area contributed by atoms with E-state index in [1.54, 1.807) is 0 Å². The second-order valence-corrected chi connectivity index (χ2v) is 6.33. The molecule has 4 atom stereocenters. The molecular formula is C14H30N2. The summed E-state index contributed by atoms with van der Waals surface area (Å²) in [6, 6.07) is 0.691. The average molecular weight is 226 g/mol. The van der Waals surface area contributed by atoms with Crippen LogP contribution in [0.25, 0.3) is 0 Å². The fraction of sp³-hybridized carbons (Fsp3) is 1.00. The number of hydrogen-bond donors (Lipinski definition) is 1. The van der Waals surface area contributed by atoms with Gasteiger partial charge in [-0.3, -0.25) is 0 Å². The molecule has 4 unspecified atom stereocenters. The van der Waals surface area contributed by atoms with Gasteiger partial charge in [0.1, 0.15) is 0 Å². The maximum Gasteiger partial charge on any atom is 0.0196 e. The summed E-state index contributed by atoms with van der Waals surface area (Å²) in [7, 11) is 4.44. The summed E-state index contributed by atoms with van der Waals surface area (Å²) in [4.78, 5) is 2.41. The van der Waals surface area contributed by atoms with Gasteiger partial charge in [0, 0.05) is 17.1 Å². The Bertz CT molecular complexity index is 239. The topological polar surface area (TPSA) is 15.3 Å². The van der Waals surface area contributed by atoms with Crippen molar-refractivity contribution in [1.29, 1.82) is 0 Å². The molecule has 0 radical (unpaired) electrons. The molecule has 1 rings (SSSR count). The van der Waals surface area contributed by atoms with Crippen molar-refractivity contribution in [3.8, 4) is 0 Å². The molecule has 2 heteroatoms. The number of nitrogens with zero attached hydrogens (tertiary/aromatic N) is 1. The van der Waals surface area contributed by atoms with Crippen molar-refractivity contribution in [3.05, 3.63) is 0 Å². The number of piperidine rings is 1. The van der Waals surface area contributed by atoms with Crippen LogP contribution in [0.5, 0.6) is 0 Å². The molecule has 0 spiro atoms. The van der Waals surface area contributed by atoms with Crippen LogP contribution in [0.3, 0.4) is 0 Å². The van der Waals surface area contributed by atoms with Crippen molar-refractivity contribution >= 4 is 0 Å². The van der Waals surface area contributed by atoms with Gasteiger partial charge in [-0.2, -0.15) is 0 Å². The van der Waals surface area contributed by atoms with E-state index in [1.165, 1.54) is 19.3 Å². The van der Waals surface area contributed by atoms with Gasteiger partial charge < -0.3 is 10.2 Å². The Morgan fingerprint density at radius 2 is 1.75 bits per heavy atom. The van der Waals surface area contributed by atoms with Gasteiger partial charge in [-0.1, -0.05) is 20.8 Å². The first-order valence-electron chi connectivity index (χ1n) is 6.74. The fourth-order valence-corrected chi connectivity index (χ4v) is 3.19. The lowest BCUT2D eigenvalue weighted by Crippen LogP contribution is -2.67. The van der Waals surface area contributed by atoms with E-state index in [1.807, 2.05) is 0 Å². The van der Waals surface area contributed by atoms with Gasteiger partial charge in [0.2, 0.25) is 0 Å². The quantitative estimate of drug-likeness (QED) is 0.796. The number of rotatable bonds is 3. The fourth-order valence-electron chi connectivity index (χ4n) is 3.19. The molecule has 2 nitrogen and oxygen atoms in total. The summed E-state index contributed by atoms with van der Waals surface area (Å²) in [5.41, 5.74) is 0.574. The molecule has 16 heavy (non-hydrogen) atoms. The van der Waals surface area contributed by atoms with Crippen molar-refractivity contribution in [2.75, 3.05) is 14.1 Å². The van der Waals surface area contributed by atoms with Crippen LogP contribution < -0.4 is 5.32 Å². The van der Waals surface area contributed by atoms with E-state index < -0.39 is 0 Å². The highest BCUT2D eigenvalue weighted by Crippen LogP contribution is 2.38. The standard InChI is InChI=1S/C14H30N2/c1-8-13(4)10-12(16(6)7)11(3)14(5,9-2)15-13/h11-12,15H,8-10H2,1-7H3. The van der Waals surface area contributed by atoms with Gasteiger partial charge >= 0.3 is 0 Å². The maximum atomic E-state index is 3.91. The third-order valence-corrected chi connectivity index (χ3v) is 5.01. The van der Waals surface area contributed by atoms with Crippen LogP contribution in [0.2, 0.25) is 0 Å². The van der Waals surface area contributed by atoms with Crippen LogP contribution >= 0.6 is 0 Å². The van der Waals surface area contributed by atoms with Crippen molar-refractivity contribution in [2.24, 2.45) is 5.92 Å². The molecule has 1 heterocycles. The number of nitrogens with one attached hydrogen (secondary N) is 1. The highest BCUT2D eigenvalue weighted by atomic mass is 15.2. The smallest absolute Gasteiger partial charge is 0.0196 e. The molecule has 0 aromatic carbocycles. The van der Waals surface area contributed by atoms with Crippen LogP contribution in [0.4, 0.5) is 0 Å². The predicted octanol–water partition coefficient (Wildman–Crippen LogP) is 2.88. The largest absolute Gasteiger partial charge is 0.306 e. The molecule has 0 bridgehead atoms. The summed E-state index contributed by atoms with van der Waals surface area (Å²) in [6.07, 6.45) is 3.67. The summed E-state index contributed by atoms with van der Waals surface area (Å²) >= 11 is 0. The maximum absolute atomic E-state index is 3.91. The zero-order valence-corrected chi connectivity index (χ0v) is 12.2. The van der Waals surface area contributed by atoms with Gasteiger partial charge in [-0.15, -0.1) is 0 Å². The van der Waals surface area contributed by atoms with Crippen LogP contribution in [0, 0.1) is 5.92 Å². The van der Waals surface area contributed by atoms with Gasteiger partial charge in [0.25, 0.3) is 0 Å². The first kappa shape index (κ1) is 14.0. The highest BCUT2D eigenvalue weighted by Gasteiger charge is 2.46. The zero-order valence-electron chi connectivity index (χ0n) is 12.2. The summed E-state index contributed by atoms with van der Waals surface area (Å²) in [5.74, 6) is 0.701. The SMILES string of the molecule is CCC1(C)CC(N(C)C)C(C)C(C)(CC)N1. The molecule has 1 saturated heterocycles. The minimum Gasteiger partial charge on any atom is -0.306 e. The zero-order chi connectivity index (χ0) is 12.6. The molecule has 1 fully saturated rings. The summed E-state index contributed by atoms with van der Waals surface area (Å²) in [6.45, 7) is 11.8. The second kappa shape index (κ2) is 4.66. The van der Waals surface area contributed by atoms with E-state index in [2.05, 4.69) is 58.9 Å². The lowest BCUT2D eigenvalue weighted by atomic mass is 9.68. The molecule has 1 N–H and O–H groups in total. The monoisotopic (exact) mass is 226 g/mol. The van der Waals surface area contributed by atoms with E-state index in [0.717, 1.165) is 0 Å². The van der Waals surface area contributed by atoms with E-state index in [9.17, 15) is 0 Å². The first-order chi connectivity index (χ1) is 7.28. The lowest BCUT2D eigenvalue weighted by molar-refractivity contribution is 0.0183. The van der Waals surface area contributed by atoms with Crippen molar-refractivity contribution in [1.82, 2.24) is 10.2 Å². The van der Waals surface area contributed by atoms with Crippen LogP contribution in [0.1, 0.15) is 53.9 Å². The van der Waals surface area contributed by atoms with Crippen LogP contribution in [0.15, 0.2) is 0 Å². The number of hydrogen-bond acceptors (Lipinski definition) is 2. The van der Waals surface area contributed by atoms with Gasteiger partial charge in [-0.25, -0.2) is 0 Å². The first-order valence-corrected chi connectivity index (χ1v) is 6.74. The Morgan fingerprint density at radius 1 is 1.19 bits per heavy atom. The van der Waals surface area contributed by atoms with Crippen LogP contribution in [-0.4, -0.2) is 36.1 Å². The lowest BCUT2D eigenvalue weighted by Gasteiger charge is -2.55. The molecule has 96 valence electrons. The van der Waals surface area contributed by atoms with E-state index in [0.29, 0.717) is 17.5 Å². The van der Waals surface area contributed by atoms with E-state index in [4.69, 9.17) is 0 Å². The van der Waals surface area contributed by atoms with Crippen molar-refractivity contribution < 1.29 is 0 Å². The van der Waals surface area contributed by atoms with E-state index >= 15 is 0 Å². The molecule has 1 aliphatic rings. The van der Waals surface area contributed by atoms with Crippen molar-refractivity contribution in [2.45, 2.75) is 71.0 Å². The third-order valence-electron chi connectivity index (χ3n) is 5.01. The average Bonchev–Trinajstić information content (AvgIpc) is 2.23. The predicted molar refractivity (Wildman–Crippen MR) is 71.8 cm³/mol. The third kappa shape index (κ3) is 2.43. The Balaban J connectivity index is 2.98. The molecule has 1 aliphatic heterocycles. The second-order valence-electron chi connectivity index (χ2n) is 6.33. The molecule has 0 aromatic heterocycles. The van der Waals surface area contributed by atoms with Gasteiger partial charge in [0.05, 0.1) is 0 Å². The Hall–Kier alpha value is -0.0800. The minimum atomic E-state index is 0.276. The minimum absolute atomic E-state index is 0.276. The molecular weight excluding hydrogens is 196 g/mol. The summed E-state index contributed by atoms with van der Waals surface area (Å²) in [5, 5.41) is 3.91. The Morgan fingerprint density at radius 3 is 2.12 bits per heavy atom. The van der Waals surface area contributed by atoms with E-state index in [-0.39, 0.29) is 5.54 Å². The highest BCUT2D eigenvalue weighted by molar-refractivity contribution is 5.06. The summed E-state index contributed by atoms with van der Waals surface area (Å²) < 4.78 is 0. The molecule has 0 aromatic rings. The normalized spacial score (nSPS) is 45.0. The molecule has 0 amide bonds.